The standard InChI is InChI=1S/C24H30O2/c1-5-21(17-7-9-23-19(13-17)11-15(3)25-23)22(6-2)18-8-10-24-20(14-18)12-16(4)26-24/h7-10,13-16,21-22H,5-6,11-12H2,1-4H3. The van der Waals surface area contributed by atoms with Crippen molar-refractivity contribution in [3.63, 3.8) is 0 Å². The zero-order valence-electron chi connectivity index (χ0n) is 16.4. The van der Waals surface area contributed by atoms with Gasteiger partial charge in [-0.05, 0) is 72.9 Å². The summed E-state index contributed by atoms with van der Waals surface area (Å²) in [6, 6.07) is 13.7. The number of hydrogen-bond acceptors (Lipinski definition) is 2. The highest BCUT2D eigenvalue weighted by Gasteiger charge is 2.27. The summed E-state index contributed by atoms with van der Waals surface area (Å²) < 4.78 is 11.8. The molecule has 2 aliphatic rings. The first kappa shape index (κ1) is 17.5. The van der Waals surface area contributed by atoms with E-state index < -0.39 is 0 Å². The molecule has 0 N–H and O–H groups in total. The van der Waals surface area contributed by atoms with Crippen molar-refractivity contribution < 1.29 is 9.47 Å². The molecule has 4 unspecified atom stereocenters. The second-order valence-electron chi connectivity index (χ2n) is 8.03. The molecule has 2 nitrogen and oxygen atoms in total. The lowest BCUT2D eigenvalue weighted by Crippen LogP contribution is -2.11. The van der Waals surface area contributed by atoms with Crippen LogP contribution >= 0.6 is 0 Å². The van der Waals surface area contributed by atoms with Gasteiger partial charge >= 0.3 is 0 Å². The number of rotatable bonds is 5. The molecule has 2 aliphatic heterocycles. The zero-order chi connectivity index (χ0) is 18.3. The summed E-state index contributed by atoms with van der Waals surface area (Å²) in [6.07, 6.45) is 4.98. The summed E-state index contributed by atoms with van der Waals surface area (Å²) in [5.41, 5.74) is 5.67. The lowest BCUT2D eigenvalue weighted by atomic mass is 9.77. The second kappa shape index (κ2) is 6.98. The van der Waals surface area contributed by atoms with Crippen LogP contribution in [0, 0.1) is 0 Å². The van der Waals surface area contributed by atoms with E-state index in [1.165, 1.54) is 22.3 Å². The summed E-state index contributed by atoms with van der Waals surface area (Å²) in [5, 5.41) is 0. The summed E-state index contributed by atoms with van der Waals surface area (Å²) in [7, 11) is 0. The molecule has 26 heavy (non-hydrogen) atoms. The van der Waals surface area contributed by atoms with Crippen LogP contribution in [0.15, 0.2) is 36.4 Å². The largest absolute Gasteiger partial charge is 0.490 e. The molecule has 0 saturated carbocycles. The summed E-state index contributed by atoms with van der Waals surface area (Å²) in [5.74, 6) is 3.23. The average Bonchev–Trinajstić information content (AvgIpc) is 3.18. The van der Waals surface area contributed by atoms with E-state index in [1.807, 2.05) is 0 Å². The Hall–Kier alpha value is -1.96. The van der Waals surface area contributed by atoms with Gasteiger partial charge in [-0.15, -0.1) is 0 Å². The highest BCUT2D eigenvalue weighted by atomic mass is 16.5. The quantitative estimate of drug-likeness (QED) is 0.656. The monoisotopic (exact) mass is 350 g/mol. The first-order chi connectivity index (χ1) is 12.6. The number of hydrogen-bond donors (Lipinski definition) is 0. The smallest absolute Gasteiger partial charge is 0.123 e. The Labute approximate surface area is 157 Å². The second-order valence-corrected chi connectivity index (χ2v) is 8.03. The predicted octanol–water partition coefficient (Wildman–Crippen LogP) is 6.02. The Morgan fingerprint density at radius 2 is 1.19 bits per heavy atom. The summed E-state index contributed by atoms with van der Waals surface area (Å²) in [6.45, 7) is 8.94. The molecule has 0 fully saturated rings. The minimum Gasteiger partial charge on any atom is -0.490 e. The van der Waals surface area contributed by atoms with Crippen LogP contribution in [0.5, 0.6) is 11.5 Å². The number of ether oxygens (including phenoxy) is 2. The molecule has 0 amide bonds. The number of fused-ring (bicyclic) bond motifs is 2. The average molecular weight is 351 g/mol. The molecule has 4 rings (SSSR count). The lowest BCUT2D eigenvalue weighted by molar-refractivity contribution is 0.254. The highest BCUT2D eigenvalue weighted by Crippen LogP contribution is 2.42. The van der Waals surface area contributed by atoms with Crippen molar-refractivity contribution in [3.05, 3.63) is 58.7 Å². The molecule has 2 aromatic rings. The third-order valence-electron chi connectivity index (χ3n) is 6.06. The predicted molar refractivity (Wildman–Crippen MR) is 107 cm³/mol. The van der Waals surface area contributed by atoms with Gasteiger partial charge in [0.1, 0.15) is 23.7 Å². The molecule has 0 aromatic heterocycles. The topological polar surface area (TPSA) is 18.5 Å². The fourth-order valence-electron chi connectivity index (χ4n) is 4.85. The molecule has 0 aliphatic carbocycles. The van der Waals surface area contributed by atoms with Gasteiger partial charge in [-0.1, -0.05) is 38.1 Å². The minimum atomic E-state index is 0.306. The molecule has 4 atom stereocenters. The third kappa shape index (κ3) is 3.11. The van der Waals surface area contributed by atoms with Crippen LogP contribution < -0.4 is 9.47 Å². The molecular weight excluding hydrogens is 320 g/mol. The van der Waals surface area contributed by atoms with Crippen LogP contribution in [0.25, 0.3) is 0 Å². The van der Waals surface area contributed by atoms with Crippen LogP contribution in [-0.2, 0) is 12.8 Å². The van der Waals surface area contributed by atoms with Crippen LogP contribution in [0.2, 0.25) is 0 Å². The van der Waals surface area contributed by atoms with Gasteiger partial charge in [-0.3, -0.25) is 0 Å². The van der Waals surface area contributed by atoms with Gasteiger partial charge in [0.25, 0.3) is 0 Å². The van der Waals surface area contributed by atoms with Gasteiger partial charge < -0.3 is 9.47 Å². The van der Waals surface area contributed by atoms with Gasteiger partial charge in [0, 0.05) is 12.8 Å². The Kier molecular flexibility index (Phi) is 4.69. The van der Waals surface area contributed by atoms with Gasteiger partial charge in [0.2, 0.25) is 0 Å². The molecule has 2 heteroatoms. The molecule has 0 radical (unpaired) electrons. The lowest BCUT2D eigenvalue weighted by Gasteiger charge is -2.27. The molecule has 0 saturated heterocycles. The van der Waals surface area contributed by atoms with Gasteiger partial charge in [0.05, 0.1) is 0 Å². The molecule has 2 aromatic carbocycles. The molecular formula is C24H30O2. The van der Waals surface area contributed by atoms with Crippen molar-refractivity contribution in [2.24, 2.45) is 0 Å². The summed E-state index contributed by atoms with van der Waals surface area (Å²) in [4.78, 5) is 0. The van der Waals surface area contributed by atoms with Crippen LogP contribution in [0.1, 0.15) is 74.6 Å². The number of benzene rings is 2. The van der Waals surface area contributed by atoms with Crippen LogP contribution in [-0.4, -0.2) is 12.2 Å². The molecule has 138 valence electrons. The Balaban J connectivity index is 1.65. The maximum absolute atomic E-state index is 5.89. The van der Waals surface area contributed by atoms with Crippen LogP contribution in [0.4, 0.5) is 0 Å². The van der Waals surface area contributed by atoms with Gasteiger partial charge in [0.15, 0.2) is 0 Å². The minimum absolute atomic E-state index is 0.306. The molecule has 0 spiro atoms. The van der Waals surface area contributed by atoms with Crippen molar-refractivity contribution in [2.45, 2.75) is 77.4 Å². The van der Waals surface area contributed by atoms with Crippen LogP contribution in [0.3, 0.4) is 0 Å². The van der Waals surface area contributed by atoms with Crippen molar-refractivity contribution >= 4 is 0 Å². The first-order valence-electron chi connectivity index (χ1n) is 10.2. The van der Waals surface area contributed by atoms with E-state index in [9.17, 15) is 0 Å². The van der Waals surface area contributed by atoms with E-state index in [1.54, 1.807) is 0 Å². The zero-order valence-corrected chi connectivity index (χ0v) is 16.4. The van der Waals surface area contributed by atoms with Crippen molar-refractivity contribution in [2.75, 3.05) is 0 Å². The fraction of sp³-hybridized carbons (Fsp3) is 0.500. The van der Waals surface area contributed by atoms with E-state index in [0.717, 1.165) is 37.2 Å². The Bertz CT molecular complexity index is 727. The van der Waals surface area contributed by atoms with Gasteiger partial charge in [-0.2, -0.15) is 0 Å². The fourth-order valence-corrected chi connectivity index (χ4v) is 4.85. The SMILES string of the molecule is CCC(c1ccc2c(c1)CC(C)O2)C(CC)c1ccc2c(c1)CC(C)O2. The van der Waals surface area contributed by atoms with Crippen molar-refractivity contribution in [3.8, 4) is 11.5 Å². The van der Waals surface area contributed by atoms with Gasteiger partial charge in [-0.25, -0.2) is 0 Å². The molecule has 2 heterocycles. The Morgan fingerprint density at radius 1 is 0.769 bits per heavy atom. The third-order valence-corrected chi connectivity index (χ3v) is 6.06. The highest BCUT2D eigenvalue weighted by molar-refractivity contribution is 5.45. The van der Waals surface area contributed by atoms with E-state index in [2.05, 4.69) is 64.1 Å². The van der Waals surface area contributed by atoms with Crippen molar-refractivity contribution in [1.29, 1.82) is 0 Å². The molecule has 0 bridgehead atoms. The first-order valence-corrected chi connectivity index (χ1v) is 10.2. The normalized spacial score (nSPS) is 22.9. The maximum atomic E-state index is 5.89. The summed E-state index contributed by atoms with van der Waals surface area (Å²) >= 11 is 0. The van der Waals surface area contributed by atoms with E-state index in [0.29, 0.717) is 24.0 Å². The van der Waals surface area contributed by atoms with E-state index in [-0.39, 0.29) is 0 Å². The van der Waals surface area contributed by atoms with Crippen molar-refractivity contribution in [1.82, 2.24) is 0 Å². The Morgan fingerprint density at radius 3 is 1.58 bits per heavy atom. The maximum Gasteiger partial charge on any atom is 0.123 e. The van der Waals surface area contributed by atoms with E-state index >= 15 is 0 Å². The van der Waals surface area contributed by atoms with E-state index in [4.69, 9.17) is 9.47 Å².